The number of fused-ring (bicyclic) bond motifs is 5. The lowest BCUT2D eigenvalue weighted by atomic mass is 9.76. The lowest BCUT2D eigenvalue weighted by Gasteiger charge is -2.29. The van der Waals surface area contributed by atoms with Crippen LogP contribution in [0.25, 0.3) is 10.9 Å². The predicted molar refractivity (Wildman–Crippen MR) is 143 cm³/mol. The summed E-state index contributed by atoms with van der Waals surface area (Å²) in [6, 6.07) is 19.4. The fourth-order valence-corrected chi connectivity index (χ4v) is 6.64. The number of benzene rings is 3. The van der Waals surface area contributed by atoms with E-state index in [1.165, 1.54) is 4.90 Å². The number of imide groups is 1. The van der Waals surface area contributed by atoms with E-state index in [2.05, 4.69) is 15.6 Å². The van der Waals surface area contributed by atoms with Crippen molar-refractivity contribution < 1.29 is 19.1 Å². The monoisotopic (exact) mass is 526 g/mol. The largest absolute Gasteiger partial charge is 0.497 e. The zero-order valence-corrected chi connectivity index (χ0v) is 21.1. The van der Waals surface area contributed by atoms with Crippen LogP contribution in [0.5, 0.6) is 5.75 Å². The highest BCUT2D eigenvalue weighted by Crippen LogP contribution is 2.54. The molecule has 3 aliphatic heterocycles. The van der Waals surface area contributed by atoms with E-state index >= 15 is 0 Å². The average molecular weight is 527 g/mol. The molecule has 9 heteroatoms. The standard InChI is InChI=1S/C29H23ClN4O4/c1-38-18-9-7-17(8-10-18)34-26(35)24-23(12-15-14-31-21-5-3-2-4-19(15)21)33-29(25(24)27(34)36)20-13-16(30)6-11-22(20)32-28(29)37/h2-11,13-14,23-25,31,33H,12H2,1H3,(H,32,37). The van der Waals surface area contributed by atoms with Crippen LogP contribution in [0.15, 0.2) is 72.9 Å². The first-order valence-electron chi connectivity index (χ1n) is 12.4. The number of nitrogens with zero attached hydrogens (tertiary/aromatic N) is 1. The third kappa shape index (κ3) is 3.04. The van der Waals surface area contributed by atoms with Gasteiger partial charge < -0.3 is 15.0 Å². The topological polar surface area (TPSA) is 104 Å². The van der Waals surface area contributed by atoms with Gasteiger partial charge in [-0.25, -0.2) is 4.90 Å². The third-order valence-corrected chi connectivity index (χ3v) is 8.36. The summed E-state index contributed by atoms with van der Waals surface area (Å²) in [5.74, 6) is -2.18. The number of aromatic nitrogens is 1. The van der Waals surface area contributed by atoms with Gasteiger partial charge in [0.2, 0.25) is 17.7 Å². The molecule has 2 fully saturated rings. The Hall–Kier alpha value is -4.14. The second kappa shape index (κ2) is 8.18. The fraction of sp³-hybridized carbons (Fsp3) is 0.207. The molecule has 3 N–H and O–H groups in total. The van der Waals surface area contributed by atoms with Crippen molar-refractivity contribution in [1.82, 2.24) is 10.3 Å². The molecule has 4 atom stereocenters. The molecule has 0 saturated carbocycles. The Bertz CT molecular complexity index is 1650. The second-order valence-electron chi connectivity index (χ2n) is 9.98. The van der Waals surface area contributed by atoms with Gasteiger partial charge in [-0.2, -0.15) is 0 Å². The molecule has 0 aliphatic carbocycles. The first-order valence-corrected chi connectivity index (χ1v) is 12.8. The molecule has 3 aliphatic rings. The van der Waals surface area contributed by atoms with Crippen molar-refractivity contribution in [3.63, 3.8) is 0 Å². The minimum absolute atomic E-state index is 0.331. The van der Waals surface area contributed by atoms with Crippen LogP contribution >= 0.6 is 11.6 Å². The fourth-order valence-electron chi connectivity index (χ4n) is 6.47. The number of hydrogen-bond donors (Lipinski definition) is 3. The summed E-state index contributed by atoms with van der Waals surface area (Å²) in [7, 11) is 1.55. The molecule has 1 aromatic heterocycles. The number of hydrogen-bond acceptors (Lipinski definition) is 5. The van der Waals surface area contributed by atoms with E-state index < -0.39 is 29.3 Å². The molecule has 3 amide bonds. The van der Waals surface area contributed by atoms with Gasteiger partial charge in [0.05, 0.1) is 24.6 Å². The normalized spacial score (nSPS) is 25.8. The molecule has 7 rings (SSSR count). The highest BCUT2D eigenvalue weighted by Gasteiger charge is 2.70. The van der Waals surface area contributed by atoms with Crippen LogP contribution in [0, 0.1) is 11.8 Å². The van der Waals surface area contributed by atoms with Crippen molar-refractivity contribution in [2.45, 2.75) is 18.0 Å². The summed E-state index contributed by atoms with van der Waals surface area (Å²) in [5, 5.41) is 7.89. The maximum atomic E-state index is 14.1. The van der Waals surface area contributed by atoms with Crippen LogP contribution in [-0.4, -0.2) is 35.9 Å². The third-order valence-electron chi connectivity index (χ3n) is 8.12. The molecule has 4 unspecified atom stereocenters. The first kappa shape index (κ1) is 23.0. The number of ether oxygens (including phenoxy) is 1. The zero-order chi connectivity index (χ0) is 26.2. The molecule has 8 nitrogen and oxygen atoms in total. The molecule has 1 spiro atoms. The number of carbonyl (C=O) groups is 3. The molecule has 0 radical (unpaired) electrons. The zero-order valence-electron chi connectivity index (χ0n) is 20.3. The van der Waals surface area contributed by atoms with E-state index in [1.54, 1.807) is 49.6 Å². The SMILES string of the molecule is COc1ccc(N2C(=O)C3C(Cc4c[nH]c5ccccc45)NC4(C(=O)Nc5ccc(Cl)cc54)C3C2=O)cc1. The molecule has 3 aromatic carbocycles. The van der Waals surface area contributed by atoms with Gasteiger partial charge in [-0.1, -0.05) is 29.8 Å². The summed E-state index contributed by atoms with van der Waals surface area (Å²) in [5.41, 5.74) is 2.18. The van der Waals surface area contributed by atoms with E-state index in [1.807, 2.05) is 30.5 Å². The Kier molecular flexibility index (Phi) is 4.95. The maximum absolute atomic E-state index is 14.1. The molecule has 0 bridgehead atoms. The summed E-state index contributed by atoms with van der Waals surface area (Å²) in [6.45, 7) is 0. The minimum Gasteiger partial charge on any atom is -0.497 e. The van der Waals surface area contributed by atoms with Gasteiger partial charge in [-0.05, 0) is 60.5 Å². The van der Waals surface area contributed by atoms with Crippen LogP contribution in [-0.2, 0) is 26.3 Å². The number of methoxy groups -OCH3 is 1. The molecule has 190 valence electrons. The number of anilines is 2. The Morgan fingerprint density at radius 1 is 1.00 bits per heavy atom. The van der Waals surface area contributed by atoms with Gasteiger partial charge in [-0.15, -0.1) is 0 Å². The van der Waals surface area contributed by atoms with E-state index in [4.69, 9.17) is 16.3 Å². The minimum atomic E-state index is -1.42. The molecule has 4 heterocycles. The van der Waals surface area contributed by atoms with Crippen molar-refractivity contribution in [2.75, 3.05) is 17.3 Å². The average Bonchev–Trinajstić information content (AvgIpc) is 3.63. The van der Waals surface area contributed by atoms with E-state index in [0.29, 0.717) is 34.1 Å². The van der Waals surface area contributed by atoms with Gasteiger partial charge in [0.15, 0.2) is 0 Å². The van der Waals surface area contributed by atoms with Crippen molar-refractivity contribution in [3.8, 4) is 5.75 Å². The lowest BCUT2D eigenvalue weighted by Crippen LogP contribution is -2.53. The highest BCUT2D eigenvalue weighted by molar-refractivity contribution is 6.31. The van der Waals surface area contributed by atoms with Gasteiger partial charge in [-0.3, -0.25) is 19.7 Å². The quantitative estimate of drug-likeness (QED) is 0.349. The highest BCUT2D eigenvalue weighted by atomic mass is 35.5. The van der Waals surface area contributed by atoms with Crippen LogP contribution in [0.1, 0.15) is 11.1 Å². The summed E-state index contributed by atoms with van der Waals surface area (Å²) >= 11 is 6.37. The molecule has 38 heavy (non-hydrogen) atoms. The van der Waals surface area contributed by atoms with E-state index in [9.17, 15) is 14.4 Å². The van der Waals surface area contributed by atoms with Crippen LogP contribution in [0.4, 0.5) is 11.4 Å². The van der Waals surface area contributed by atoms with Gasteiger partial charge >= 0.3 is 0 Å². The Labute approximate surface area is 222 Å². The number of para-hydroxylation sites is 1. The number of nitrogens with one attached hydrogen (secondary N) is 3. The van der Waals surface area contributed by atoms with Gasteiger partial charge in [0, 0.05) is 39.4 Å². The van der Waals surface area contributed by atoms with Gasteiger partial charge in [0.25, 0.3) is 0 Å². The Morgan fingerprint density at radius 2 is 1.79 bits per heavy atom. The number of halogens is 1. The number of amides is 3. The van der Waals surface area contributed by atoms with Crippen molar-refractivity contribution in [3.05, 3.63) is 89.1 Å². The van der Waals surface area contributed by atoms with Crippen LogP contribution in [0.2, 0.25) is 5.02 Å². The number of aromatic amines is 1. The summed E-state index contributed by atoms with van der Waals surface area (Å²) in [4.78, 5) is 46.4. The number of H-pyrrole nitrogens is 1. The smallest absolute Gasteiger partial charge is 0.250 e. The molecular weight excluding hydrogens is 504 g/mol. The Morgan fingerprint density at radius 3 is 2.58 bits per heavy atom. The van der Waals surface area contributed by atoms with Gasteiger partial charge in [0.1, 0.15) is 11.3 Å². The van der Waals surface area contributed by atoms with Crippen LogP contribution in [0.3, 0.4) is 0 Å². The second-order valence-corrected chi connectivity index (χ2v) is 10.4. The lowest BCUT2D eigenvalue weighted by molar-refractivity contribution is -0.130. The molecule has 2 saturated heterocycles. The number of rotatable bonds is 4. The summed E-state index contributed by atoms with van der Waals surface area (Å²) in [6.07, 6.45) is 2.37. The number of carbonyl (C=O) groups excluding carboxylic acids is 3. The van der Waals surface area contributed by atoms with Crippen LogP contribution < -0.4 is 20.3 Å². The summed E-state index contributed by atoms with van der Waals surface area (Å²) < 4.78 is 5.24. The molecule has 4 aromatic rings. The Balaban J connectivity index is 1.37. The molecular formula is C29H23ClN4O4. The van der Waals surface area contributed by atoms with Crippen molar-refractivity contribution in [1.29, 1.82) is 0 Å². The van der Waals surface area contributed by atoms with E-state index in [0.717, 1.165) is 16.5 Å². The van der Waals surface area contributed by atoms with E-state index in [-0.39, 0.29) is 11.8 Å². The predicted octanol–water partition coefficient (Wildman–Crippen LogP) is 4.00. The van der Waals surface area contributed by atoms with Crippen molar-refractivity contribution >= 4 is 51.6 Å². The van der Waals surface area contributed by atoms with Crippen molar-refractivity contribution in [2.24, 2.45) is 11.8 Å². The first-order chi connectivity index (χ1) is 18.4. The maximum Gasteiger partial charge on any atom is 0.250 e.